The summed E-state index contributed by atoms with van der Waals surface area (Å²) in [5.74, 6) is 1.95. The van der Waals surface area contributed by atoms with E-state index in [9.17, 15) is 4.79 Å². The molecule has 0 bridgehead atoms. The van der Waals surface area contributed by atoms with Crippen LogP contribution in [0.4, 0.5) is 0 Å². The Morgan fingerprint density at radius 1 is 1.32 bits per heavy atom. The molecule has 2 aliphatic rings. The molecule has 1 aromatic carbocycles. The van der Waals surface area contributed by atoms with Crippen LogP contribution < -0.4 is 14.8 Å². The Balaban J connectivity index is 1.51. The molecule has 0 aromatic heterocycles. The Bertz CT molecular complexity index is 469. The third kappa shape index (κ3) is 2.98. The van der Waals surface area contributed by atoms with E-state index in [2.05, 4.69) is 5.32 Å². The van der Waals surface area contributed by atoms with Gasteiger partial charge in [0.25, 0.3) is 0 Å². The van der Waals surface area contributed by atoms with Crippen LogP contribution in [0.15, 0.2) is 18.2 Å². The van der Waals surface area contributed by atoms with E-state index in [0.717, 1.165) is 36.7 Å². The molecule has 0 saturated carbocycles. The van der Waals surface area contributed by atoms with E-state index in [1.54, 1.807) is 0 Å². The highest BCUT2D eigenvalue weighted by Crippen LogP contribution is 2.32. The third-order valence-corrected chi connectivity index (χ3v) is 3.41. The lowest BCUT2D eigenvalue weighted by molar-refractivity contribution is -0.120. The van der Waals surface area contributed by atoms with Crippen molar-refractivity contribution < 1.29 is 19.0 Å². The molecule has 5 nitrogen and oxygen atoms in total. The average Bonchev–Trinajstić information content (AvgIpc) is 3.07. The standard InChI is InChI=1S/C14H17NO4/c16-14(15-7-11-3-4-17-8-11)6-10-1-2-12-13(5-10)19-9-18-12/h1-2,5,11H,3-4,6-9H2,(H,15,16)/t11-/m1/s1. The maximum Gasteiger partial charge on any atom is 0.231 e. The van der Waals surface area contributed by atoms with Crippen molar-refractivity contribution in [3.8, 4) is 11.5 Å². The molecule has 0 spiro atoms. The molecule has 1 fully saturated rings. The van der Waals surface area contributed by atoms with Gasteiger partial charge in [-0.05, 0) is 24.1 Å². The first-order chi connectivity index (χ1) is 9.31. The highest BCUT2D eigenvalue weighted by molar-refractivity contribution is 5.78. The minimum Gasteiger partial charge on any atom is -0.454 e. The fourth-order valence-electron chi connectivity index (χ4n) is 2.30. The lowest BCUT2D eigenvalue weighted by atomic mass is 10.1. The molecule has 0 radical (unpaired) electrons. The molecule has 5 heteroatoms. The van der Waals surface area contributed by atoms with E-state index in [1.165, 1.54) is 0 Å². The quantitative estimate of drug-likeness (QED) is 0.884. The summed E-state index contributed by atoms with van der Waals surface area (Å²) in [5, 5.41) is 2.95. The van der Waals surface area contributed by atoms with Crippen LogP contribution in [0.25, 0.3) is 0 Å². The second-order valence-electron chi connectivity index (χ2n) is 4.90. The summed E-state index contributed by atoms with van der Waals surface area (Å²) in [5.41, 5.74) is 0.935. The van der Waals surface area contributed by atoms with Gasteiger partial charge in [-0.15, -0.1) is 0 Å². The van der Waals surface area contributed by atoms with Gasteiger partial charge >= 0.3 is 0 Å². The maximum absolute atomic E-state index is 11.8. The Morgan fingerprint density at radius 3 is 3.05 bits per heavy atom. The summed E-state index contributed by atoms with van der Waals surface area (Å²) in [6.07, 6.45) is 1.40. The lowest BCUT2D eigenvalue weighted by Crippen LogP contribution is -2.30. The highest BCUT2D eigenvalue weighted by atomic mass is 16.7. The molecule has 19 heavy (non-hydrogen) atoms. The van der Waals surface area contributed by atoms with E-state index in [0.29, 0.717) is 18.9 Å². The van der Waals surface area contributed by atoms with Crippen molar-refractivity contribution in [1.82, 2.24) is 5.32 Å². The van der Waals surface area contributed by atoms with Gasteiger partial charge in [-0.2, -0.15) is 0 Å². The van der Waals surface area contributed by atoms with Gasteiger partial charge in [0.15, 0.2) is 11.5 Å². The van der Waals surface area contributed by atoms with Crippen molar-refractivity contribution >= 4 is 5.91 Å². The number of rotatable bonds is 4. The average molecular weight is 263 g/mol. The van der Waals surface area contributed by atoms with Crippen LogP contribution in [-0.2, 0) is 16.0 Å². The molecule has 1 saturated heterocycles. The Hall–Kier alpha value is -1.75. The van der Waals surface area contributed by atoms with Crippen LogP contribution >= 0.6 is 0 Å². The van der Waals surface area contributed by atoms with E-state index in [1.807, 2.05) is 18.2 Å². The smallest absolute Gasteiger partial charge is 0.231 e. The van der Waals surface area contributed by atoms with Gasteiger partial charge in [0.2, 0.25) is 12.7 Å². The van der Waals surface area contributed by atoms with E-state index >= 15 is 0 Å². The van der Waals surface area contributed by atoms with Crippen LogP contribution in [-0.4, -0.2) is 32.5 Å². The van der Waals surface area contributed by atoms with Crippen LogP contribution in [0.5, 0.6) is 11.5 Å². The normalized spacial score (nSPS) is 20.5. The Morgan fingerprint density at radius 2 is 2.21 bits per heavy atom. The molecular weight excluding hydrogens is 246 g/mol. The first kappa shape index (κ1) is 12.3. The summed E-state index contributed by atoms with van der Waals surface area (Å²) in [7, 11) is 0. The minimum atomic E-state index is 0.0331. The maximum atomic E-state index is 11.8. The lowest BCUT2D eigenvalue weighted by Gasteiger charge is -2.09. The zero-order valence-electron chi connectivity index (χ0n) is 10.7. The summed E-state index contributed by atoms with van der Waals surface area (Å²) >= 11 is 0. The van der Waals surface area contributed by atoms with Crippen LogP contribution in [0.2, 0.25) is 0 Å². The number of hydrogen-bond donors (Lipinski definition) is 1. The molecule has 2 aliphatic heterocycles. The second kappa shape index (κ2) is 5.48. The zero-order chi connectivity index (χ0) is 13.1. The van der Waals surface area contributed by atoms with E-state index in [-0.39, 0.29) is 12.7 Å². The Labute approximate surface area is 111 Å². The number of carbonyl (C=O) groups is 1. The van der Waals surface area contributed by atoms with Gasteiger partial charge in [0.1, 0.15) is 0 Å². The molecule has 1 amide bonds. The fraction of sp³-hybridized carbons (Fsp3) is 0.500. The van der Waals surface area contributed by atoms with Crippen molar-refractivity contribution in [2.45, 2.75) is 12.8 Å². The first-order valence-corrected chi connectivity index (χ1v) is 6.54. The largest absolute Gasteiger partial charge is 0.454 e. The van der Waals surface area contributed by atoms with Gasteiger partial charge in [-0.1, -0.05) is 6.07 Å². The van der Waals surface area contributed by atoms with Crippen LogP contribution in [0.1, 0.15) is 12.0 Å². The predicted octanol–water partition coefficient (Wildman–Crippen LogP) is 1.11. The number of nitrogens with one attached hydrogen (secondary N) is 1. The SMILES string of the molecule is O=C(Cc1ccc2c(c1)OCO2)NC[C@H]1CCOC1. The van der Waals surface area contributed by atoms with Crippen LogP contribution in [0.3, 0.4) is 0 Å². The number of hydrogen-bond acceptors (Lipinski definition) is 4. The first-order valence-electron chi connectivity index (χ1n) is 6.54. The number of amides is 1. The van der Waals surface area contributed by atoms with E-state index < -0.39 is 0 Å². The summed E-state index contributed by atoms with van der Waals surface area (Å²) in [6, 6.07) is 5.60. The van der Waals surface area contributed by atoms with Gasteiger partial charge in [-0.25, -0.2) is 0 Å². The number of carbonyl (C=O) groups excluding carboxylic acids is 1. The second-order valence-corrected chi connectivity index (χ2v) is 4.90. The number of fused-ring (bicyclic) bond motifs is 1. The molecule has 0 aliphatic carbocycles. The third-order valence-electron chi connectivity index (χ3n) is 3.41. The van der Waals surface area contributed by atoms with Crippen molar-refractivity contribution in [3.05, 3.63) is 23.8 Å². The zero-order valence-corrected chi connectivity index (χ0v) is 10.7. The Kier molecular flexibility index (Phi) is 3.55. The molecule has 102 valence electrons. The van der Waals surface area contributed by atoms with E-state index in [4.69, 9.17) is 14.2 Å². The molecule has 0 unspecified atom stereocenters. The van der Waals surface area contributed by atoms with Crippen molar-refractivity contribution in [1.29, 1.82) is 0 Å². The topological polar surface area (TPSA) is 56.8 Å². The van der Waals surface area contributed by atoms with Crippen molar-refractivity contribution in [2.75, 3.05) is 26.6 Å². The van der Waals surface area contributed by atoms with Crippen LogP contribution in [0, 0.1) is 5.92 Å². The van der Waals surface area contributed by atoms with Gasteiger partial charge in [0, 0.05) is 19.1 Å². The van der Waals surface area contributed by atoms with Gasteiger partial charge in [-0.3, -0.25) is 4.79 Å². The molecule has 2 heterocycles. The number of ether oxygens (including phenoxy) is 3. The molecule has 1 aromatic rings. The minimum absolute atomic E-state index is 0.0331. The molecule has 1 atom stereocenters. The fourth-order valence-corrected chi connectivity index (χ4v) is 2.30. The van der Waals surface area contributed by atoms with Crippen molar-refractivity contribution in [2.24, 2.45) is 5.92 Å². The summed E-state index contributed by atoms with van der Waals surface area (Å²) in [4.78, 5) is 11.8. The molecule has 3 rings (SSSR count). The highest BCUT2D eigenvalue weighted by Gasteiger charge is 2.17. The monoisotopic (exact) mass is 263 g/mol. The van der Waals surface area contributed by atoms with Gasteiger partial charge in [0.05, 0.1) is 13.0 Å². The molecular formula is C14H17NO4. The predicted molar refractivity (Wildman–Crippen MR) is 68.2 cm³/mol. The van der Waals surface area contributed by atoms with Gasteiger partial charge < -0.3 is 19.5 Å². The summed E-state index contributed by atoms with van der Waals surface area (Å²) in [6.45, 7) is 2.52. The number of benzene rings is 1. The van der Waals surface area contributed by atoms with Crippen molar-refractivity contribution in [3.63, 3.8) is 0 Å². The molecule has 1 N–H and O–H groups in total. The summed E-state index contributed by atoms with van der Waals surface area (Å²) < 4.78 is 15.8.